The van der Waals surface area contributed by atoms with Gasteiger partial charge in [-0.1, -0.05) is 6.07 Å². The predicted molar refractivity (Wildman–Crippen MR) is 66.6 cm³/mol. The number of hydrogen-bond acceptors (Lipinski definition) is 4. The van der Waals surface area contributed by atoms with E-state index in [1.807, 2.05) is 25.4 Å². The third-order valence-electron chi connectivity index (χ3n) is 3.30. The molecule has 17 heavy (non-hydrogen) atoms. The SMILES string of the molecule is CNC1(c2ccccn2)CNC1.O=CC1CC1. The fourth-order valence-electron chi connectivity index (χ4n) is 1.74. The summed E-state index contributed by atoms with van der Waals surface area (Å²) in [5.41, 5.74) is 1.22. The first-order valence-corrected chi connectivity index (χ1v) is 6.07. The maximum absolute atomic E-state index is 9.57. The lowest BCUT2D eigenvalue weighted by Gasteiger charge is -2.41. The van der Waals surface area contributed by atoms with Gasteiger partial charge in [0.15, 0.2) is 0 Å². The van der Waals surface area contributed by atoms with Crippen LogP contribution in [0.5, 0.6) is 0 Å². The molecule has 3 rings (SSSR count). The van der Waals surface area contributed by atoms with Crippen molar-refractivity contribution in [1.29, 1.82) is 0 Å². The van der Waals surface area contributed by atoms with Crippen LogP contribution < -0.4 is 10.6 Å². The Balaban J connectivity index is 0.000000181. The summed E-state index contributed by atoms with van der Waals surface area (Å²) in [6.45, 7) is 1.95. The van der Waals surface area contributed by atoms with Crippen LogP contribution in [0.1, 0.15) is 18.5 Å². The van der Waals surface area contributed by atoms with Gasteiger partial charge in [-0.3, -0.25) is 4.98 Å². The molecular formula is C13H19N3O. The molecule has 1 aromatic rings. The van der Waals surface area contributed by atoms with E-state index in [4.69, 9.17) is 0 Å². The molecule has 1 aliphatic carbocycles. The Hall–Kier alpha value is -1.26. The molecule has 0 atom stereocenters. The summed E-state index contributed by atoms with van der Waals surface area (Å²) in [7, 11) is 1.98. The molecule has 0 unspecified atom stereocenters. The van der Waals surface area contributed by atoms with Crippen LogP contribution in [0, 0.1) is 5.92 Å². The van der Waals surface area contributed by atoms with Gasteiger partial charge in [-0.15, -0.1) is 0 Å². The van der Waals surface area contributed by atoms with Crippen LogP contribution in [0.2, 0.25) is 0 Å². The average molecular weight is 233 g/mol. The van der Waals surface area contributed by atoms with Crippen LogP contribution in [0.15, 0.2) is 24.4 Å². The van der Waals surface area contributed by atoms with Gasteiger partial charge in [-0.05, 0) is 32.0 Å². The second kappa shape index (κ2) is 5.38. The van der Waals surface area contributed by atoms with Crippen molar-refractivity contribution in [3.05, 3.63) is 30.1 Å². The van der Waals surface area contributed by atoms with Crippen molar-refractivity contribution >= 4 is 6.29 Å². The van der Waals surface area contributed by atoms with Crippen LogP contribution in [-0.2, 0) is 10.3 Å². The van der Waals surface area contributed by atoms with Crippen molar-refractivity contribution in [1.82, 2.24) is 15.6 Å². The zero-order valence-electron chi connectivity index (χ0n) is 10.1. The van der Waals surface area contributed by atoms with Crippen LogP contribution in [0.25, 0.3) is 0 Å². The summed E-state index contributed by atoms with van der Waals surface area (Å²) >= 11 is 0. The van der Waals surface area contributed by atoms with Crippen LogP contribution in [0.4, 0.5) is 0 Å². The van der Waals surface area contributed by atoms with Gasteiger partial charge in [0, 0.05) is 25.2 Å². The summed E-state index contributed by atoms with van der Waals surface area (Å²) in [6, 6.07) is 6.04. The molecule has 2 aliphatic rings. The fourth-order valence-corrected chi connectivity index (χ4v) is 1.74. The highest BCUT2D eigenvalue weighted by Gasteiger charge is 2.37. The lowest BCUT2D eigenvalue weighted by Crippen LogP contribution is -2.64. The maximum Gasteiger partial charge on any atom is 0.123 e. The zero-order chi connectivity index (χ0) is 12.1. The summed E-state index contributed by atoms with van der Waals surface area (Å²) < 4.78 is 0. The Labute approximate surface area is 102 Å². The van der Waals surface area contributed by atoms with Gasteiger partial charge >= 0.3 is 0 Å². The Kier molecular flexibility index (Phi) is 3.86. The predicted octanol–water partition coefficient (Wildman–Crippen LogP) is 0.695. The molecule has 4 nitrogen and oxygen atoms in total. The van der Waals surface area contributed by atoms with Crippen LogP contribution in [0.3, 0.4) is 0 Å². The molecule has 4 heteroatoms. The van der Waals surface area contributed by atoms with Crippen LogP contribution >= 0.6 is 0 Å². The number of hydrogen-bond donors (Lipinski definition) is 2. The van der Waals surface area contributed by atoms with Crippen molar-refractivity contribution in [2.75, 3.05) is 20.1 Å². The molecule has 1 aromatic heterocycles. The first-order chi connectivity index (χ1) is 8.30. The zero-order valence-corrected chi connectivity index (χ0v) is 10.1. The lowest BCUT2D eigenvalue weighted by molar-refractivity contribution is -0.108. The molecule has 2 N–H and O–H groups in total. The highest BCUT2D eigenvalue weighted by atomic mass is 16.1. The van der Waals surface area contributed by atoms with Crippen molar-refractivity contribution in [3.8, 4) is 0 Å². The van der Waals surface area contributed by atoms with Gasteiger partial charge < -0.3 is 15.4 Å². The molecule has 0 bridgehead atoms. The minimum Gasteiger partial charge on any atom is -0.312 e. The number of pyridine rings is 1. The van der Waals surface area contributed by atoms with Gasteiger partial charge in [0.2, 0.25) is 0 Å². The van der Waals surface area contributed by atoms with Crippen LogP contribution in [-0.4, -0.2) is 31.4 Å². The normalized spacial score (nSPS) is 20.8. The Bertz CT molecular complexity index is 353. The van der Waals surface area contributed by atoms with E-state index < -0.39 is 0 Å². The summed E-state index contributed by atoms with van der Waals surface area (Å²) in [6.07, 6.45) is 5.15. The number of aldehydes is 1. The van der Waals surface area contributed by atoms with Gasteiger partial charge in [0.25, 0.3) is 0 Å². The lowest BCUT2D eigenvalue weighted by atomic mass is 9.88. The third kappa shape index (κ3) is 2.90. The fraction of sp³-hybridized carbons (Fsp3) is 0.538. The van der Waals surface area contributed by atoms with E-state index in [-0.39, 0.29) is 5.54 Å². The average Bonchev–Trinajstić information content (AvgIpc) is 3.14. The maximum atomic E-state index is 9.57. The molecular weight excluding hydrogens is 214 g/mol. The third-order valence-corrected chi connectivity index (χ3v) is 3.30. The Morgan fingerprint density at radius 1 is 1.47 bits per heavy atom. The summed E-state index contributed by atoms with van der Waals surface area (Å²) in [4.78, 5) is 13.9. The van der Waals surface area contributed by atoms with E-state index in [0.717, 1.165) is 37.9 Å². The van der Waals surface area contributed by atoms with Gasteiger partial charge in [-0.2, -0.15) is 0 Å². The van der Waals surface area contributed by atoms with E-state index in [9.17, 15) is 4.79 Å². The number of nitrogens with one attached hydrogen (secondary N) is 2. The Morgan fingerprint density at radius 2 is 2.24 bits per heavy atom. The highest BCUT2D eigenvalue weighted by molar-refractivity contribution is 5.56. The van der Waals surface area contributed by atoms with E-state index >= 15 is 0 Å². The molecule has 2 heterocycles. The molecule has 92 valence electrons. The second-order valence-electron chi connectivity index (χ2n) is 4.62. The quantitative estimate of drug-likeness (QED) is 0.754. The van der Waals surface area contributed by atoms with E-state index in [1.54, 1.807) is 0 Å². The van der Waals surface area contributed by atoms with Crippen molar-refractivity contribution < 1.29 is 4.79 Å². The number of rotatable bonds is 3. The van der Waals surface area contributed by atoms with E-state index in [2.05, 4.69) is 21.7 Å². The van der Waals surface area contributed by atoms with Crippen molar-refractivity contribution in [3.63, 3.8) is 0 Å². The largest absolute Gasteiger partial charge is 0.312 e. The second-order valence-corrected chi connectivity index (χ2v) is 4.62. The monoisotopic (exact) mass is 233 g/mol. The number of likely N-dealkylation sites (N-methyl/N-ethyl adjacent to an activating group) is 1. The first-order valence-electron chi connectivity index (χ1n) is 6.07. The number of carbonyl (C=O) groups is 1. The van der Waals surface area contributed by atoms with Gasteiger partial charge in [-0.25, -0.2) is 0 Å². The van der Waals surface area contributed by atoms with E-state index in [0.29, 0.717) is 5.92 Å². The topological polar surface area (TPSA) is 54.0 Å². The smallest absolute Gasteiger partial charge is 0.123 e. The molecule has 1 aliphatic heterocycles. The number of aromatic nitrogens is 1. The number of nitrogens with zero attached hydrogens (tertiary/aromatic N) is 1. The Morgan fingerprint density at radius 3 is 2.53 bits per heavy atom. The molecule has 2 fully saturated rings. The number of carbonyl (C=O) groups excluding carboxylic acids is 1. The minimum atomic E-state index is 0.0846. The van der Waals surface area contributed by atoms with Crippen molar-refractivity contribution in [2.24, 2.45) is 5.92 Å². The minimum absolute atomic E-state index is 0.0846. The van der Waals surface area contributed by atoms with Gasteiger partial charge in [0.1, 0.15) is 6.29 Å². The van der Waals surface area contributed by atoms with E-state index in [1.165, 1.54) is 0 Å². The van der Waals surface area contributed by atoms with Gasteiger partial charge in [0.05, 0.1) is 11.2 Å². The molecule has 0 aromatic carbocycles. The summed E-state index contributed by atoms with van der Waals surface area (Å²) in [5.74, 6) is 0.454. The first kappa shape index (κ1) is 12.2. The molecule has 1 saturated heterocycles. The van der Waals surface area contributed by atoms with Crippen molar-refractivity contribution in [2.45, 2.75) is 18.4 Å². The standard InChI is InChI=1S/C9H13N3.C4H6O/c1-10-9(6-11-7-9)8-4-2-3-5-12-8;5-3-4-1-2-4/h2-5,10-11H,6-7H2,1H3;3-4H,1-2H2. The highest BCUT2D eigenvalue weighted by Crippen LogP contribution is 2.25. The summed E-state index contributed by atoms with van der Waals surface area (Å²) in [5, 5.41) is 6.56. The molecule has 0 spiro atoms. The molecule has 0 amide bonds. The molecule has 1 saturated carbocycles. The molecule has 0 radical (unpaired) electrons.